The van der Waals surface area contributed by atoms with E-state index in [-0.39, 0.29) is 17.2 Å². The minimum absolute atomic E-state index is 0.120. The molecule has 18 heavy (non-hydrogen) atoms. The fourth-order valence-corrected chi connectivity index (χ4v) is 1.67. The van der Waals surface area contributed by atoms with Gasteiger partial charge >= 0.3 is 0 Å². The first kappa shape index (κ1) is 12.1. The molecule has 0 aliphatic carbocycles. The number of carbonyl (C=O) groups excluding carboxylic acids is 1. The Kier molecular flexibility index (Phi) is 3.28. The van der Waals surface area contributed by atoms with Gasteiger partial charge in [0.2, 0.25) is 0 Å². The number of para-hydroxylation sites is 2. The molecule has 1 amide bonds. The molecule has 2 rings (SSSR count). The summed E-state index contributed by atoms with van der Waals surface area (Å²) in [4.78, 5) is 13.6. The van der Waals surface area contributed by atoms with Crippen molar-refractivity contribution in [3.8, 4) is 0 Å². The van der Waals surface area contributed by atoms with Crippen LogP contribution in [0.3, 0.4) is 0 Å². The first-order valence-electron chi connectivity index (χ1n) is 5.48. The number of nitrogens with two attached hydrogens (primary N) is 1. The van der Waals surface area contributed by atoms with Crippen LogP contribution in [0.15, 0.2) is 48.5 Å². The van der Waals surface area contributed by atoms with Crippen LogP contribution in [0.5, 0.6) is 0 Å². The van der Waals surface area contributed by atoms with Gasteiger partial charge in [-0.05, 0) is 24.3 Å². The van der Waals surface area contributed by atoms with E-state index in [1.54, 1.807) is 19.2 Å². The van der Waals surface area contributed by atoms with Crippen LogP contribution in [-0.2, 0) is 0 Å². The fourth-order valence-electron chi connectivity index (χ4n) is 1.67. The minimum atomic E-state index is -0.581. The summed E-state index contributed by atoms with van der Waals surface area (Å²) >= 11 is 0. The molecule has 0 aromatic heterocycles. The van der Waals surface area contributed by atoms with Crippen LogP contribution in [0.1, 0.15) is 10.4 Å². The molecule has 2 aromatic carbocycles. The third kappa shape index (κ3) is 2.18. The van der Waals surface area contributed by atoms with Crippen LogP contribution < -0.4 is 10.6 Å². The molecule has 0 fully saturated rings. The summed E-state index contributed by atoms with van der Waals surface area (Å²) in [5.41, 5.74) is 6.35. The van der Waals surface area contributed by atoms with E-state index in [1.165, 1.54) is 23.1 Å². The van der Waals surface area contributed by atoms with Crippen LogP contribution in [0, 0.1) is 5.82 Å². The molecule has 4 heteroatoms. The second kappa shape index (κ2) is 4.87. The first-order valence-corrected chi connectivity index (χ1v) is 5.48. The van der Waals surface area contributed by atoms with Crippen LogP contribution in [-0.4, -0.2) is 13.0 Å². The van der Waals surface area contributed by atoms with Crippen LogP contribution in [0.4, 0.5) is 15.8 Å². The van der Waals surface area contributed by atoms with Crippen molar-refractivity contribution >= 4 is 17.3 Å². The van der Waals surface area contributed by atoms with Crippen molar-refractivity contribution in [1.29, 1.82) is 0 Å². The molecule has 0 saturated heterocycles. The van der Waals surface area contributed by atoms with Crippen molar-refractivity contribution in [2.75, 3.05) is 17.7 Å². The van der Waals surface area contributed by atoms with Gasteiger partial charge in [-0.1, -0.05) is 24.3 Å². The fraction of sp³-hybridized carbons (Fsp3) is 0.0714. The van der Waals surface area contributed by atoms with Crippen molar-refractivity contribution < 1.29 is 9.18 Å². The number of halogens is 1. The molecule has 0 radical (unpaired) electrons. The number of nitrogen functional groups attached to an aromatic ring is 1. The number of amides is 1. The number of rotatable bonds is 2. The zero-order valence-electron chi connectivity index (χ0n) is 9.93. The SMILES string of the molecule is CN(C(=O)c1cccc(F)c1N)c1ccccc1. The molecular weight excluding hydrogens is 231 g/mol. The van der Waals surface area contributed by atoms with E-state index in [0.717, 1.165) is 5.69 Å². The number of hydrogen-bond donors (Lipinski definition) is 1. The van der Waals surface area contributed by atoms with E-state index in [1.807, 2.05) is 18.2 Å². The second-order valence-corrected chi connectivity index (χ2v) is 3.90. The van der Waals surface area contributed by atoms with Gasteiger partial charge < -0.3 is 10.6 Å². The molecule has 0 saturated carbocycles. The zero-order valence-corrected chi connectivity index (χ0v) is 9.93. The molecule has 0 atom stereocenters. The number of nitrogens with zero attached hydrogens (tertiary/aromatic N) is 1. The Bertz CT molecular complexity index is 569. The lowest BCUT2D eigenvalue weighted by molar-refractivity contribution is 0.0993. The van der Waals surface area contributed by atoms with Gasteiger partial charge in [0.05, 0.1) is 11.3 Å². The summed E-state index contributed by atoms with van der Waals surface area (Å²) in [6.07, 6.45) is 0. The lowest BCUT2D eigenvalue weighted by Crippen LogP contribution is -2.27. The summed E-state index contributed by atoms with van der Waals surface area (Å²) in [7, 11) is 1.63. The Balaban J connectivity index is 2.35. The highest BCUT2D eigenvalue weighted by atomic mass is 19.1. The normalized spacial score (nSPS) is 10.1. The second-order valence-electron chi connectivity index (χ2n) is 3.90. The highest BCUT2D eigenvalue weighted by Crippen LogP contribution is 2.20. The van der Waals surface area contributed by atoms with Crippen LogP contribution in [0.2, 0.25) is 0 Å². The Morgan fingerprint density at radius 1 is 1.11 bits per heavy atom. The van der Waals surface area contributed by atoms with E-state index >= 15 is 0 Å². The maximum Gasteiger partial charge on any atom is 0.260 e. The molecular formula is C14H13FN2O. The van der Waals surface area contributed by atoms with Gasteiger partial charge in [0.1, 0.15) is 5.82 Å². The summed E-state index contributed by atoms with van der Waals surface area (Å²) in [6, 6.07) is 13.3. The number of benzene rings is 2. The maximum atomic E-state index is 13.3. The minimum Gasteiger partial charge on any atom is -0.396 e. The molecule has 2 aromatic rings. The van der Waals surface area contributed by atoms with Gasteiger partial charge in [0.15, 0.2) is 0 Å². The number of carbonyl (C=O) groups is 1. The van der Waals surface area contributed by atoms with Crippen molar-refractivity contribution in [2.24, 2.45) is 0 Å². The van der Waals surface area contributed by atoms with Gasteiger partial charge in [-0.25, -0.2) is 4.39 Å². The summed E-state index contributed by atoms with van der Waals surface area (Å²) in [5, 5.41) is 0. The van der Waals surface area contributed by atoms with E-state index < -0.39 is 5.82 Å². The molecule has 0 aliphatic heterocycles. The van der Waals surface area contributed by atoms with Crippen molar-refractivity contribution in [3.05, 3.63) is 59.9 Å². The van der Waals surface area contributed by atoms with Gasteiger partial charge in [-0.2, -0.15) is 0 Å². The van der Waals surface area contributed by atoms with Crippen molar-refractivity contribution in [2.45, 2.75) is 0 Å². The average molecular weight is 244 g/mol. The third-order valence-corrected chi connectivity index (χ3v) is 2.73. The van der Waals surface area contributed by atoms with E-state index in [9.17, 15) is 9.18 Å². The average Bonchev–Trinajstić information content (AvgIpc) is 2.41. The monoisotopic (exact) mass is 244 g/mol. The molecule has 92 valence electrons. The largest absolute Gasteiger partial charge is 0.396 e. The topological polar surface area (TPSA) is 46.3 Å². The molecule has 3 nitrogen and oxygen atoms in total. The summed E-state index contributed by atoms with van der Waals surface area (Å²) in [5.74, 6) is -0.916. The summed E-state index contributed by atoms with van der Waals surface area (Å²) < 4.78 is 13.3. The Labute approximate surface area is 105 Å². The molecule has 0 aliphatic rings. The molecule has 0 spiro atoms. The quantitative estimate of drug-likeness (QED) is 0.825. The Morgan fingerprint density at radius 2 is 1.78 bits per heavy atom. The smallest absolute Gasteiger partial charge is 0.260 e. The van der Waals surface area contributed by atoms with Crippen LogP contribution in [0.25, 0.3) is 0 Å². The van der Waals surface area contributed by atoms with E-state index in [0.29, 0.717) is 0 Å². The lowest BCUT2D eigenvalue weighted by Gasteiger charge is -2.18. The van der Waals surface area contributed by atoms with E-state index in [2.05, 4.69) is 0 Å². The highest BCUT2D eigenvalue weighted by Gasteiger charge is 2.17. The number of hydrogen-bond acceptors (Lipinski definition) is 2. The van der Waals surface area contributed by atoms with Gasteiger partial charge in [-0.3, -0.25) is 4.79 Å². The van der Waals surface area contributed by atoms with Crippen molar-refractivity contribution in [3.63, 3.8) is 0 Å². The molecule has 0 heterocycles. The van der Waals surface area contributed by atoms with Gasteiger partial charge in [0.25, 0.3) is 5.91 Å². The standard InChI is InChI=1S/C14H13FN2O/c1-17(10-6-3-2-4-7-10)14(18)11-8-5-9-12(15)13(11)16/h2-9H,16H2,1H3. The maximum absolute atomic E-state index is 13.3. The number of anilines is 2. The Morgan fingerprint density at radius 3 is 2.44 bits per heavy atom. The first-order chi connectivity index (χ1) is 8.61. The van der Waals surface area contributed by atoms with Gasteiger partial charge in [-0.15, -0.1) is 0 Å². The van der Waals surface area contributed by atoms with Crippen LogP contribution >= 0.6 is 0 Å². The predicted octanol–water partition coefficient (Wildman–Crippen LogP) is 2.68. The Hall–Kier alpha value is -2.36. The summed E-state index contributed by atoms with van der Waals surface area (Å²) in [6.45, 7) is 0. The van der Waals surface area contributed by atoms with Crippen molar-refractivity contribution in [1.82, 2.24) is 0 Å². The van der Waals surface area contributed by atoms with Gasteiger partial charge in [0, 0.05) is 12.7 Å². The highest BCUT2D eigenvalue weighted by molar-refractivity contribution is 6.09. The third-order valence-electron chi connectivity index (χ3n) is 2.73. The molecule has 0 bridgehead atoms. The lowest BCUT2D eigenvalue weighted by atomic mass is 10.1. The van der Waals surface area contributed by atoms with E-state index in [4.69, 9.17) is 5.73 Å². The molecule has 0 unspecified atom stereocenters. The molecule has 2 N–H and O–H groups in total. The predicted molar refractivity (Wildman–Crippen MR) is 70.0 cm³/mol. The zero-order chi connectivity index (χ0) is 13.1.